The number of pyridine rings is 1. The third kappa shape index (κ3) is 2.88. The van der Waals surface area contributed by atoms with Gasteiger partial charge in [-0.05, 0) is 31.5 Å². The van der Waals surface area contributed by atoms with Crippen molar-refractivity contribution < 1.29 is 19.4 Å². The Hall–Kier alpha value is -2.56. The molecular formula is C17H17NO4. The SMILES string of the molecule is CC1(C)CC(=O)c2c(O)cc(OCc3ccncc3)cc2O1. The Labute approximate surface area is 128 Å². The van der Waals surface area contributed by atoms with Gasteiger partial charge in [0.25, 0.3) is 0 Å². The van der Waals surface area contributed by atoms with Gasteiger partial charge in [0, 0.05) is 24.5 Å². The summed E-state index contributed by atoms with van der Waals surface area (Å²) in [5.74, 6) is 0.594. The molecule has 5 heteroatoms. The number of nitrogens with zero attached hydrogens (tertiary/aromatic N) is 1. The van der Waals surface area contributed by atoms with Crippen molar-refractivity contribution in [3.8, 4) is 17.2 Å². The van der Waals surface area contributed by atoms with Crippen LogP contribution < -0.4 is 9.47 Å². The summed E-state index contributed by atoms with van der Waals surface area (Å²) in [4.78, 5) is 16.1. The molecule has 2 heterocycles. The number of phenolic OH excluding ortho intramolecular Hbond substituents is 1. The van der Waals surface area contributed by atoms with Crippen molar-refractivity contribution in [1.82, 2.24) is 4.98 Å². The van der Waals surface area contributed by atoms with Gasteiger partial charge in [0.2, 0.25) is 0 Å². The molecule has 0 spiro atoms. The van der Waals surface area contributed by atoms with Crippen molar-refractivity contribution in [3.05, 3.63) is 47.8 Å². The molecule has 1 aromatic heterocycles. The topological polar surface area (TPSA) is 68.7 Å². The molecule has 3 rings (SSSR count). The zero-order valence-corrected chi connectivity index (χ0v) is 12.5. The van der Waals surface area contributed by atoms with Crippen LogP contribution in [0.1, 0.15) is 36.2 Å². The number of aromatic hydroxyl groups is 1. The van der Waals surface area contributed by atoms with Gasteiger partial charge in [-0.1, -0.05) is 0 Å². The third-order valence-corrected chi connectivity index (χ3v) is 3.46. The molecule has 114 valence electrons. The van der Waals surface area contributed by atoms with Crippen LogP contribution in [0.4, 0.5) is 0 Å². The Morgan fingerprint density at radius 1 is 1.32 bits per heavy atom. The second kappa shape index (κ2) is 5.33. The number of ketones is 1. The van der Waals surface area contributed by atoms with E-state index in [9.17, 15) is 9.90 Å². The van der Waals surface area contributed by atoms with Gasteiger partial charge in [-0.2, -0.15) is 0 Å². The summed E-state index contributed by atoms with van der Waals surface area (Å²) in [5, 5.41) is 10.1. The van der Waals surface area contributed by atoms with Crippen LogP contribution in [-0.2, 0) is 6.61 Å². The molecule has 0 saturated heterocycles. The average molecular weight is 299 g/mol. The van der Waals surface area contributed by atoms with E-state index >= 15 is 0 Å². The van der Waals surface area contributed by atoms with Gasteiger partial charge >= 0.3 is 0 Å². The fraction of sp³-hybridized carbons (Fsp3) is 0.294. The lowest BCUT2D eigenvalue weighted by Gasteiger charge is -2.32. The largest absolute Gasteiger partial charge is 0.507 e. The van der Waals surface area contributed by atoms with Gasteiger partial charge < -0.3 is 14.6 Å². The molecule has 0 radical (unpaired) electrons. The number of hydrogen-bond acceptors (Lipinski definition) is 5. The van der Waals surface area contributed by atoms with Crippen molar-refractivity contribution in [2.75, 3.05) is 0 Å². The monoisotopic (exact) mass is 299 g/mol. The average Bonchev–Trinajstić information content (AvgIpc) is 2.44. The molecule has 1 aliphatic heterocycles. The Kier molecular flexibility index (Phi) is 3.48. The van der Waals surface area contributed by atoms with Crippen molar-refractivity contribution in [2.45, 2.75) is 32.5 Å². The fourth-order valence-electron chi connectivity index (χ4n) is 2.47. The molecule has 2 aromatic rings. The van der Waals surface area contributed by atoms with Crippen LogP contribution in [0.2, 0.25) is 0 Å². The van der Waals surface area contributed by atoms with E-state index in [0.29, 0.717) is 18.1 Å². The highest BCUT2D eigenvalue weighted by Gasteiger charge is 2.34. The van der Waals surface area contributed by atoms with Crippen molar-refractivity contribution in [3.63, 3.8) is 0 Å². The number of Topliss-reactive ketones (excluding diaryl/α,β-unsaturated/α-hetero) is 1. The molecule has 0 amide bonds. The molecule has 1 N–H and O–H groups in total. The maximum Gasteiger partial charge on any atom is 0.174 e. The van der Waals surface area contributed by atoms with Crippen LogP contribution >= 0.6 is 0 Å². The molecule has 0 saturated carbocycles. The molecule has 0 bridgehead atoms. The molecule has 22 heavy (non-hydrogen) atoms. The summed E-state index contributed by atoms with van der Waals surface area (Å²) in [7, 11) is 0. The summed E-state index contributed by atoms with van der Waals surface area (Å²) < 4.78 is 11.5. The van der Waals surface area contributed by atoms with Crippen LogP contribution in [0.15, 0.2) is 36.7 Å². The van der Waals surface area contributed by atoms with Gasteiger partial charge in [0.15, 0.2) is 5.78 Å². The van der Waals surface area contributed by atoms with Gasteiger partial charge in [0.05, 0.1) is 6.42 Å². The minimum atomic E-state index is -0.583. The normalized spacial score (nSPS) is 15.8. The summed E-state index contributed by atoms with van der Waals surface area (Å²) in [5.41, 5.74) is 0.611. The minimum Gasteiger partial charge on any atom is -0.507 e. The summed E-state index contributed by atoms with van der Waals surface area (Å²) in [6, 6.07) is 6.79. The second-order valence-electron chi connectivity index (χ2n) is 5.92. The highest BCUT2D eigenvalue weighted by Crippen LogP contribution is 2.41. The third-order valence-electron chi connectivity index (χ3n) is 3.46. The van der Waals surface area contributed by atoms with Gasteiger partial charge in [-0.15, -0.1) is 0 Å². The lowest BCUT2D eigenvalue weighted by Crippen LogP contribution is -2.35. The Morgan fingerprint density at radius 3 is 2.77 bits per heavy atom. The molecule has 0 unspecified atom stereocenters. The predicted octanol–water partition coefficient (Wildman–Crippen LogP) is 3.11. The lowest BCUT2D eigenvalue weighted by molar-refractivity contribution is 0.0612. The van der Waals surface area contributed by atoms with Crippen molar-refractivity contribution >= 4 is 5.78 Å². The summed E-state index contributed by atoms with van der Waals surface area (Å²) >= 11 is 0. The Balaban J connectivity index is 1.86. The first-order chi connectivity index (χ1) is 10.4. The lowest BCUT2D eigenvalue weighted by atomic mass is 9.92. The molecule has 5 nitrogen and oxygen atoms in total. The van der Waals surface area contributed by atoms with E-state index in [2.05, 4.69) is 4.98 Å². The van der Waals surface area contributed by atoms with Crippen molar-refractivity contribution in [2.24, 2.45) is 0 Å². The first-order valence-electron chi connectivity index (χ1n) is 7.05. The van der Waals surface area contributed by atoms with Crippen LogP contribution in [0.25, 0.3) is 0 Å². The van der Waals surface area contributed by atoms with Gasteiger partial charge in [0.1, 0.15) is 35.0 Å². The van der Waals surface area contributed by atoms with E-state index in [-0.39, 0.29) is 23.5 Å². The quantitative estimate of drug-likeness (QED) is 0.943. The van der Waals surface area contributed by atoms with Crippen LogP contribution in [-0.4, -0.2) is 21.5 Å². The highest BCUT2D eigenvalue weighted by molar-refractivity contribution is 6.03. The Bertz CT molecular complexity index is 710. The zero-order chi connectivity index (χ0) is 15.7. The van der Waals surface area contributed by atoms with Crippen LogP contribution in [0, 0.1) is 0 Å². The zero-order valence-electron chi connectivity index (χ0n) is 12.5. The standard InChI is InChI=1S/C17H17NO4/c1-17(2)9-14(20)16-13(19)7-12(8-15(16)22-17)21-10-11-3-5-18-6-4-11/h3-8,19H,9-10H2,1-2H3. The number of rotatable bonds is 3. The van der Waals surface area contributed by atoms with Crippen LogP contribution in [0.5, 0.6) is 17.2 Å². The number of fused-ring (bicyclic) bond motifs is 1. The maximum atomic E-state index is 12.1. The number of carbonyl (C=O) groups is 1. The van der Waals surface area contributed by atoms with Crippen LogP contribution in [0.3, 0.4) is 0 Å². The second-order valence-corrected chi connectivity index (χ2v) is 5.92. The van der Waals surface area contributed by atoms with E-state index in [0.717, 1.165) is 5.56 Å². The van der Waals surface area contributed by atoms with E-state index in [1.807, 2.05) is 26.0 Å². The summed E-state index contributed by atoms with van der Waals surface area (Å²) in [6.07, 6.45) is 3.62. The number of ether oxygens (including phenoxy) is 2. The van der Waals surface area contributed by atoms with Gasteiger partial charge in [-0.25, -0.2) is 0 Å². The number of phenols is 1. The minimum absolute atomic E-state index is 0.109. The molecule has 1 aliphatic rings. The Morgan fingerprint density at radius 2 is 2.05 bits per heavy atom. The maximum absolute atomic E-state index is 12.1. The summed E-state index contributed by atoms with van der Waals surface area (Å²) in [6.45, 7) is 4.03. The van der Waals surface area contributed by atoms with E-state index < -0.39 is 5.60 Å². The number of aromatic nitrogens is 1. The van der Waals surface area contributed by atoms with Crippen molar-refractivity contribution in [1.29, 1.82) is 0 Å². The van der Waals surface area contributed by atoms with E-state index in [1.165, 1.54) is 6.07 Å². The highest BCUT2D eigenvalue weighted by atomic mass is 16.5. The predicted molar refractivity (Wildman–Crippen MR) is 80.3 cm³/mol. The molecule has 0 fully saturated rings. The smallest absolute Gasteiger partial charge is 0.174 e. The fourth-order valence-corrected chi connectivity index (χ4v) is 2.47. The first kappa shape index (κ1) is 14.4. The molecule has 0 aliphatic carbocycles. The molecule has 1 aromatic carbocycles. The van der Waals surface area contributed by atoms with E-state index in [1.54, 1.807) is 18.5 Å². The first-order valence-corrected chi connectivity index (χ1v) is 7.05. The van der Waals surface area contributed by atoms with E-state index in [4.69, 9.17) is 9.47 Å². The number of carbonyl (C=O) groups excluding carboxylic acids is 1. The number of hydrogen-bond donors (Lipinski definition) is 1. The molecular weight excluding hydrogens is 282 g/mol. The number of benzene rings is 1. The van der Waals surface area contributed by atoms with Gasteiger partial charge in [-0.3, -0.25) is 9.78 Å². The molecule has 0 atom stereocenters.